The number of rotatable bonds is 11. The normalized spacial score (nSPS) is 15.7. The number of morpholine rings is 1. The Bertz CT molecular complexity index is 1600. The van der Waals surface area contributed by atoms with Crippen LogP contribution in [0.15, 0.2) is 71.6 Å². The lowest BCUT2D eigenvalue weighted by atomic mass is 10.2. The van der Waals surface area contributed by atoms with E-state index in [1.54, 1.807) is 36.4 Å². The fraction of sp³-hybridized carbons (Fsp3) is 0.273. The fourth-order valence-electron chi connectivity index (χ4n) is 4.75. The number of hydrogen-bond acceptors (Lipinski definition) is 9. The number of ether oxygens (including phenoxy) is 3. The quantitative estimate of drug-likeness (QED) is 0.284. The topological polar surface area (TPSA) is 127 Å². The lowest BCUT2D eigenvalue weighted by Crippen LogP contribution is -2.36. The Labute approximate surface area is 265 Å². The van der Waals surface area contributed by atoms with Crippen LogP contribution < -0.4 is 25.0 Å². The third-order valence-corrected chi connectivity index (χ3v) is 7.95. The summed E-state index contributed by atoms with van der Waals surface area (Å²) in [7, 11) is 0. The molecule has 2 aliphatic heterocycles. The largest absolute Gasteiger partial charge is 0.490 e. The van der Waals surface area contributed by atoms with E-state index in [4.69, 9.17) is 14.2 Å². The molecule has 2 heterocycles. The highest BCUT2D eigenvalue weighted by molar-refractivity contribution is 8.18. The summed E-state index contributed by atoms with van der Waals surface area (Å²) in [4.78, 5) is 54.2. The first-order valence-corrected chi connectivity index (χ1v) is 15.4. The molecule has 0 spiro atoms. The number of carbonyl (C=O) groups excluding carboxylic acids is 4. The maximum atomic E-state index is 13.1. The van der Waals surface area contributed by atoms with Crippen LogP contribution in [0.1, 0.15) is 18.1 Å². The summed E-state index contributed by atoms with van der Waals surface area (Å²) in [5.41, 5.74) is 3.83. The minimum Gasteiger partial charge on any atom is -0.490 e. The summed E-state index contributed by atoms with van der Waals surface area (Å²) < 4.78 is 16.8. The van der Waals surface area contributed by atoms with E-state index >= 15 is 0 Å². The molecule has 0 saturated carbocycles. The van der Waals surface area contributed by atoms with Crippen molar-refractivity contribution in [1.29, 1.82) is 0 Å². The molecule has 0 unspecified atom stereocenters. The second-order valence-electron chi connectivity index (χ2n) is 10.3. The van der Waals surface area contributed by atoms with Gasteiger partial charge in [-0.3, -0.25) is 24.1 Å². The van der Waals surface area contributed by atoms with Crippen molar-refractivity contribution in [3.05, 3.63) is 82.8 Å². The number of thioether (sulfide) groups is 1. The molecule has 0 bridgehead atoms. The van der Waals surface area contributed by atoms with Crippen LogP contribution in [0, 0.1) is 6.92 Å². The number of hydrogen-bond donors (Lipinski definition) is 2. The smallest absolute Gasteiger partial charge is 0.294 e. The lowest BCUT2D eigenvalue weighted by Gasteiger charge is -2.28. The van der Waals surface area contributed by atoms with Gasteiger partial charge in [0, 0.05) is 30.2 Å². The number of aryl methyl sites for hydroxylation is 1. The number of amides is 4. The molecule has 0 atom stereocenters. The predicted molar refractivity (Wildman–Crippen MR) is 174 cm³/mol. The molecule has 3 aromatic rings. The molecule has 2 N–H and O–H groups in total. The van der Waals surface area contributed by atoms with E-state index in [2.05, 4.69) is 15.5 Å². The van der Waals surface area contributed by atoms with Crippen molar-refractivity contribution in [3.63, 3.8) is 0 Å². The zero-order valence-electron chi connectivity index (χ0n) is 25.0. The van der Waals surface area contributed by atoms with E-state index in [1.165, 1.54) is 0 Å². The minimum absolute atomic E-state index is 0.177. The van der Waals surface area contributed by atoms with Crippen molar-refractivity contribution in [2.75, 3.05) is 61.6 Å². The molecular formula is C33H34N4O7S. The zero-order chi connectivity index (χ0) is 31.8. The van der Waals surface area contributed by atoms with Crippen molar-refractivity contribution in [2.45, 2.75) is 13.8 Å². The predicted octanol–water partition coefficient (Wildman–Crippen LogP) is 4.92. The van der Waals surface area contributed by atoms with Crippen molar-refractivity contribution < 1.29 is 33.4 Å². The summed E-state index contributed by atoms with van der Waals surface area (Å²) in [6.45, 7) is 6.38. The Kier molecular flexibility index (Phi) is 10.4. The van der Waals surface area contributed by atoms with Crippen LogP contribution in [0.4, 0.5) is 21.9 Å². The number of imide groups is 1. The third kappa shape index (κ3) is 8.22. The van der Waals surface area contributed by atoms with E-state index < -0.39 is 23.6 Å². The maximum Gasteiger partial charge on any atom is 0.294 e. The number of anilines is 3. The molecule has 2 saturated heterocycles. The molecule has 3 aromatic carbocycles. The first-order chi connectivity index (χ1) is 21.8. The number of para-hydroxylation sites is 1. The van der Waals surface area contributed by atoms with Crippen LogP contribution in [-0.4, -0.2) is 73.9 Å². The van der Waals surface area contributed by atoms with Crippen molar-refractivity contribution in [2.24, 2.45) is 0 Å². The van der Waals surface area contributed by atoms with Gasteiger partial charge in [-0.15, -0.1) is 0 Å². The fourth-order valence-corrected chi connectivity index (χ4v) is 5.59. The van der Waals surface area contributed by atoms with Gasteiger partial charge in [0.1, 0.15) is 6.54 Å². The van der Waals surface area contributed by atoms with Gasteiger partial charge < -0.3 is 29.7 Å². The first kappa shape index (κ1) is 31.6. The van der Waals surface area contributed by atoms with Gasteiger partial charge in [0.15, 0.2) is 18.1 Å². The van der Waals surface area contributed by atoms with Crippen LogP contribution >= 0.6 is 11.8 Å². The number of nitrogens with one attached hydrogen (secondary N) is 2. The molecule has 2 fully saturated rings. The second-order valence-corrected chi connectivity index (χ2v) is 11.2. The van der Waals surface area contributed by atoms with E-state index in [0.29, 0.717) is 48.3 Å². The molecule has 0 aliphatic carbocycles. The summed E-state index contributed by atoms with van der Waals surface area (Å²) in [5.74, 6) is -0.623. The van der Waals surface area contributed by atoms with Gasteiger partial charge in [-0.2, -0.15) is 0 Å². The lowest BCUT2D eigenvalue weighted by molar-refractivity contribution is -0.127. The zero-order valence-corrected chi connectivity index (χ0v) is 25.9. The maximum absolute atomic E-state index is 13.1. The van der Waals surface area contributed by atoms with Gasteiger partial charge >= 0.3 is 0 Å². The molecule has 5 rings (SSSR count). The average Bonchev–Trinajstić information content (AvgIpc) is 3.29. The Morgan fingerprint density at radius 3 is 2.42 bits per heavy atom. The molecule has 2 aliphatic rings. The molecule has 234 valence electrons. The molecule has 4 amide bonds. The summed E-state index contributed by atoms with van der Waals surface area (Å²) in [6.07, 6.45) is 1.56. The Hall–Kier alpha value is -4.81. The van der Waals surface area contributed by atoms with E-state index in [9.17, 15) is 19.2 Å². The van der Waals surface area contributed by atoms with Crippen LogP contribution in [0.5, 0.6) is 11.5 Å². The van der Waals surface area contributed by atoms with Crippen molar-refractivity contribution in [1.82, 2.24) is 4.90 Å². The first-order valence-electron chi connectivity index (χ1n) is 14.5. The van der Waals surface area contributed by atoms with Crippen LogP contribution in [-0.2, 0) is 19.1 Å². The number of nitrogens with zero attached hydrogens (tertiary/aromatic N) is 2. The summed E-state index contributed by atoms with van der Waals surface area (Å²) in [5, 5.41) is 5.04. The molecule has 12 heteroatoms. The van der Waals surface area contributed by atoms with Gasteiger partial charge in [-0.05, 0) is 85.3 Å². The van der Waals surface area contributed by atoms with Gasteiger partial charge in [-0.25, -0.2) is 0 Å². The van der Waals surface area contributed by atoms with Gasteiger partial charge in [0.05, 0.1) is 24.7 Å². The SMILES string of the molecule is CCOc1cc(/C=C2\SC(=O)N(CC(=O)Nc3ccc(N4CCOCC4)cc3)C2=O)ccc1OCC(=O)Nc1ccccc1C. The molecule has 0 radical (unpaired) electrons. The average molecular weight is 631 g/mol. The monoisotopic (exact) mass is 630 g/mol. The van der Waals surface area contributed by atoms with Crippen LogP contribution in [0.3, 0.4) is 0 Å². The van der Waals surface area contributed by atoms with E-state index in [0.717, 1.165) is 41.0 Å². The van der Waals surface area contributed by atoms with Crippen molar-refractivity contribution >= 4 is 57.9 Å². The van der Waals surface area contributed by atoms with Crippen LogP contribution in [0.2, 0.25) is 0 Å². The summed E-state index contributed by atoms with van der Waals surface area (Å²) in [6, 6.07) is 19.8. The highest BCUT2D eigenvalue weighted by Crippen LogP contribution is 2.35. The second kappa shape index (κ2) is 14.8. The molecule has 0 aromatic heterocycles. The highest BCUT2D eigenvalue weighted by atomic mass is 32.2. The van der Waals surface area contributed by atoms with Gasteiger partial charge in [0.2, 0.25) is 5.91 Å². The Morgan fingerprint density at radius 1 is 0.933 bits per heavy atom. The van der Waals surface area contributed by atoms with Crippen molar-refractivity contribution in [3.8, 4) is 11.5 Å². The molecular weight excluding hydrogens is 596 g/mol. The van der Waals surface area contributed by atoms with E-state index in [1.807, 2.05) is 50.2 Å². The van der Waals surface area contributed by atoms with Crippen LogP contribution in [0.25, 0.3) is 6.08 Å². The highest BCUT2D eigenvalue weighted by Gasteiger charge is 2.36. The Morgan fingerprint density at radius 2 is 1.69 bits per heavy atom. The Balaban J connectivity index is 1.18. The number of benzene rings is 3. The minimum atomic E-state index is -0.561. The van der Waals surface area contributed by atoms with Gasteiger partial charge in [0.25, 0.3) is 17.1 Å². The molecule has 11 nitrogen and oxygen atoms in total. The standard InChI is InChI=1S/C33H34N4O7S/c1-3-43-28-18-23(8-13-27(28)44-21-31(39)35-26-7-5-4-6-22(26)2)19-29-32(40)37(33(41)45-29)20-30(38)34-24-9-11-25(12-10-24)36-14-16-42-17-15-36/h4-13,18-19H,3,14-17,20-21H2,1-2H3,(H,34,38)(H,35,39)/b29-19-. The summed E-state index contributed by atoms with van der Waals surface area (Å²) >= 11 is 0.760. The molecule has 45 heavy (non-hydrogen) atoms. The third-order valence-electron chi connectivity index (χ3n) is 7.05. The van der Waals surface area contributed by atoms with Gasteiger partial charge in [-0.1, -0.05) is 24.3 Å². The number of carbonyl (C=O) groups is 4. The van der Waals surface area contributed by atoms with E-state index in [-0.39, 0.29) is 17.4 Å².